The van der Waals surface area contributed by atoms with Crippen LogP contribution in [0.4, 0.5) is 10.1 Å². The Balaban J connectivity index is 2.40. The Morgan fingerprint density at radius 2 is 1.95 bits per heavy atom. The molecular weight excluding hydrogens is 269 g/mol. The summed E-state index contributed by atoms with van der Waals surface area (Å²) >= 11 is 0. The number of aryl methyl sites for hydroxylation is 1. The molecule has 2 N–H and O–H groups in total. The fourth-order valence-corrected chi connectivity index (χ4v) is 3.27. The van der Waals surface area contributed by atoms with E-state index in [-0.39, 0.29) is 12.4 Å². The Bertz CT molecular complexity index is 470. The predicted octanol–water partition coefficient (Wildman–Crippen LogP) is 3.32. The van der Waals surface area contributed by atoms with Crippen LogP contribution in [-0.4, -0.2) is 29.4 Å². The van der Waals surface area contributed by atoms with Gasteiger partial charge in [-0.05, 0) is 44.4 Å². The molecule has 0 saturated heterocycles. The largest absolute Gasteiger partial charge is 0.395 e. The predicted molar refractivity (Wildman–Crippen MR) is 83.1 cm³/mol. The van der Waals surface area contributed by atoms with Gasteiger partial charge in [0.1, 0.15) is 5.82 Å². The maximum atomic E-state index is 13.8. The first-order valence-corrected chi connectivity index (χ1v) is 7.90. The maximum absolute atomic E-state index is 13.8. The van der Waals surface area contributed by atoms with Crippen molar-refractivity contribution in [1.29, 1.82) is 0 Å². The summed E-state index contributed by atoms with van der Waals surface area (Å²) in [6, 6.07) is 3.61. The Labute approximate surface area is 126 Å². The molecule has 1 fully saturated rings. The van der Waals surface area contributed by atoms with Crippen LogP contribution in [0.5, 0.6) is 0 Å². The summed E-state index contributed by atoms with van der Waals surface area (Å²) in [5.74, 6) is -0.290. The fourth-order valence-electron chi connectivity index (χ4n) is 3.27. The molecule has 1 saturated carbocycles. The Kier molecular flexibility index (Phi) is 5.59. The van der Waals surface area contributed by atoms with Gasteiger partial charge in [-0.15, -0.1) is 0 Å². The lowest BCUT2D eigenvalue weighted by molar-refractivity contribution is 0.198. The first-order valence-electron chi connectivity index (χ1n) is 7.90. The number of benzene rings is 1. The average molecular weight is 295 g/mol. The number of hydrogen-bond acceptors (Lipinski definition) is 3. The van der Waals surface area contributed by atoms with Crippen molar-refractivity contribution in [2.45, 2.75) is 58.1 Å². The van der Waals surface area contributed by atoms with Crippen molar-refractivity contribution in [1.82, 2.24) is 0 Å². The van der Waals surface area contributed by atoms with Gasteiger partial charge in [0.15, 0.2) is 0 Å². The quantitative estimate of drug-likeness (QED) is 0.876. The molecule has 2 rings (SSSR count). The second-order valence-corrected chi connectivity index (χ2v) is 6.05. The molecule has 4 heteroatoms. The van der Waals surface area contributed by atoms with Crippen LogP contribution in [0.1, 0.15) is 56.3 Å². The number of hydrogen-bond donors (Lipinski definition) is 2. The summed E-state index contributed by atoms with van der Waals surface area (Å²) in [5.41, 5.74) is 2.05. The standard InChI is InChI=1S/C17H26FNO2/c1-12-10-17(15(13(2)21)11-16(12)18)19(8-9-20)14-6-4-3-5-7-14/h10-11,13-14,20-21H,3-9H2,1-2H3/t13-/m0/s1. The van der Waals surface area contributed by atoms with Gasteiger partial charge < -0.3 is 15.1 Å². The monoisotopic (exact) mass is 295 g/mol. The first kappa shape index (κ1) is 16.2. The van der Waals surface area contributed by atoms with E-state index < -0.39 is 6.10 Å². The third-order valence-electron chi connectivity index (χ3n) is 4.42. The summed E-state index contributed by atoms with van der Waals surface area (Å²) in [7, 11) is 0. The summed E-state index contributed by atoms with van der Waals surface area (Å²) in [6.45, 7) is 3.98. The summed E-state index contributed by atoms with van der Waals surface area (Å²) in [4.78, 5) is 2.16. The zero-order valence-corrected chi connectivity index (χ0v) is 13.0. The van der Waals surface area contributed by atoms with Crippen LogP contribution >= 0.6 is 0 Å². The Morgan fingerprint density at radius 3 is 2.52 bits per heavy atom. The molecule has 3 nitrogen and oxygen atoms in total. The molecule has 118 valence electrons. The van der Waals surface area contributed by atoms with E-state index in [0.717, 1.165) is 18.5 Å². The third kappa shape index (κ3) is 3.74. The van der Waals surface area contributed by atoms with Gasteiger partial charge in [0, 0.05) is 23.8 Å². The van der Waals surface area contributed by atoms with Gasteiger partial charge in [0.05, 0.1) is 12.7 Å². The van der Waals surface area contributed by atoms with Crippen molar-refractivity contribution in [3.63, 3.8) is 0 Å². The number of aliphatic hydroxyl groups excluding tert-OH is 2. The van der Waals surface area contributed by atoms with Crippen molar-refractivity contribution in [2.75, 3.05) is 18.1 Å². The van der Waals surface area contributed by atoms with E-state index in [4.69, 9.17) is 0 Å². The third-order valence-corrected chi connectivity index (χ3v) is 4.42. The summed E-state index contributed by atoms with van der Waals surface area (Å²) in [6.07, 6.45) is 5.11. The van der Waals surface area contributed by atoms with Crippen LogP contribution in [0.3, 0.4) is 0 Å². The van der Waals surface area contributed by atoms with Gasteiger partial charge in [-0.25, -0.2) is 4.39 Å². The second kappa shape index (κ2) is 7.23. The molecule has 0 aliphatic heterocycles. The normalized spacial score (nSPS) is 17.8. The highest BCUT2D eigenvalue weighted by Gasteiger charge is 2.24. The molecule has 0 unspecified atom stereocenters. The molecule has 0 spiro atoms. The minimum absolute atomic E-state index is 0.0617. The number of anilines is 1. The molecule has 0 bridgehead atoms. The second-order valence-electron chi connectivity index (χ2n) is 6.05. The maximum Gasteiger partial charge on any atom is 0.126 e. The summed E-state index contributed by atoms with van der Waals surface area (Å²) < 4.78 is 13.8. The summed E-state index contributed by atoms with van der Waals surface area (Å²) in [5, 5.41) is 19.4. The van der Waals surface area contributed by atoms with Crippen LogP contribution in [0.15, 0.2) is 12.1 Å². The van der Waals surface area contributed by atoms with E-state index in [1.807, 2.05) is 6.07 Å². The van der Waals surface area contributed by atoms with E-state index >= 15 is 0 Å². The lowest BCUT2D eigenvalue weighted by Gasteiger charge is -2.37. The van der Waals surface area contributed by atoms with Gasteiger partial charge in [-0.1, -0.05) is 19.3 Å². The minimum atomic E-state index is -0.722. The smallest absolute Gasteiger partial charge is 0.126 e. The van der Waals surface area contributed by atoms with Gasteiger partial charge >= 0.3 is 0 Å². The number of halogens is 1. The topological polar surface area (TPSA) is 43.7 Å². The highest BCUT2D eigenvalue weighted by Crippen LogP contribution is 2.34. The molecule has 0 aromatic heterocycles. The van der Waals surface area contributed by atoms with Gasteiger partial charge in [-0.3, -0.25) is 0 Å². The molecule has 0 amide bonds. The molecule has 1 aromatic carbocycles. The van der Waals surface area contributed by atoms with Crippen LogP contribution in [0.25, 0.3) is 0 Å². The number of rotatable bonds is 5. The average Bonchev–Trinajstić information content (AvgIpc) is 2.48. The lowest BCUT2D eigenvalue weighted by atomic mass is 9.92. The molecule has 1 aromatic rings. The Morgan fingerprint density at radius 1 is 1.29 bits per heavy atom. The van der Waals surface area contributed by atoms with E-state index in [9.17, 15) is 14.6 Å². The van der Waals surface area contributed by atoms with Crippen LogP contribution in [0.2, 0.25) is 0 Å². The molecule has 1 atom stereocenters. The van der Waals surface area contributed by atoms with E-state index in [1.165, 1.54) is 25.3 Å². The van der Waals surface area contributed by atoms with E-state index in [0.29, 0.717) is 23.7 Å². The van der Waals surface area contributed by atoms with Crippen molar-refractivity contribution >= 4 is 5.69 Å². The molecule has 1 aliphatic rings. The minimum Gasteiger partial charge on any atom is -0.395 e. The number of nitrogens with zero attached hydrogens (tertiary/aromatic N) is 1. The molecule has 0 heterocycles. The van der Waals surface area contributed by atoms with Gasteiger partial charge in [0.2, 0.25) is 0 Å². The zero-order chi connectivity index (χ0) is 15.4. The van der Waals surface area contributed by atoms with Gasteiger partial charge in [-0.2, -0.15) is 0 Å². The van der Waals surface area contributed by atoms with Crippen molar-refractivity contribution in [3.8, 4) is 0 Å². The molecule has 1 aliphatic carbocycles. The van der Waals surface area contributed by atoms with Crippen LogP contribution in [-0.2, 0) is 0 Å². The Hall–Kier alpha value is -1.13. The molecular formula is C17H26FNO2. The molecule has 21 heavy (non-hydrogen) atoms. The van der Waals surface area contributed by atoms with Crippen molar-refractivity contribution in [3.05, 3.63) is 29.1 Å². The first-order chi connectivity index (χ1) is 10.0. The van der Waals surface area contributed by atoms with Crippen LogP contribution in [0, 0.1) is 12.7 Å². The highest BCUT2D eigenvalue weighted by molar-refractivity contribution is 5.57. The van der Waals surface area contributed by atoms with E-state index in [2.05, 4.69) is 4.90 Å². The lowest BCUT2D eigenvalue weighted by Crippen LogP contribution is -2.39. The zero-order valence-electron chi connectivity index (χ0n) is 13.0. The number of aliphatic hydroxyl groups is 2. The SMILES string of the molecule is Cc1cc(N(CCO)C2CCCCC2)c([C@H](C)O)cc1F. The van der Waals surface area contributed by atoms with Crippen molar-refractivity contribution < 1.29 is 14.6 Å². The highest BCUT2D eigenvalue weighted by atomic mass is 19.1. The van der Waals surface area contributed by atoms with Crippen molar-refractivity contribution in [2.24, 2.45) is 0 Å². The molecule has 0 radical (unpaired) electrons. The van der Waals surface area contributed by atoms with Crippen LogP contribution < -0.4 is 4.90 Å². The van der Waals surface area contributed by atoms with E-state index in [1.54, 1.807) is 13.8 Å². The fraction of sp³-hybridized carbons (Fsp3) is 0.647. The van der Waals surface area contributed by atoms with Gasteiger partial charge in [0.25, 0.3) is 0 Å².